The molecule has 0 radical (unpaired) electrons. The number of nitrogens with one attached hydrogen (secondary N) is 1. The summed E-state index contributed by atoms with van der Waals surface area (Å²) in [5.41, 5.74) is 4.03. The summed E-state index contributed by atoms with van der Waals surface area (Å²) < 4.78 is 14.7. The highest BCUT2D eigenvalue weighted by Crippen LogP contribution is 2.40. The van der Waals surface area contributed by atoms with E-state index in [1.165, 1.54) is 0 Å². The van der Waals surface area contributed by atoms with Crippen molar-refractivity contribution in [1.82, 2.24) is 9.13 Å². The number of rotatable bonds is 7. The zero-order valence-electron chi connectivity index (χ0n) is 24.2. The van der Waals surface area contributed by atoms with Crippen LogP contribution in [0.15, 0.2) is 54.6 Å². The molecule has 0 aliphatic heterocycles. The van der Waals surface area contributed by atoms with Gasteiger partial charge in [-0.2, -0.15) is 0 Å². The Bertz CT molecular complexity index is 1560. The Kier molecular flexibility index (Phi) is 7.39. The van der Waals surface area contributed by atoms with Crippen molar-refractivity contribution >= 4 is 16.8 Å². The first-order chi connectivity index (χ1) is 18.3. The summed E-state index contributed by atoms with van der Waals surface area (Å²) in [5, 5.41) is 20.2. The number of carbonyl (C=O) groups excluding carboxylic acids is 1. The maximum atomic E-state index is 13.8. The topological polar surface area (TPSA) is 89.5 Å². The summed E-state index contributed by atoms with van der Waals surface area (Å²) in [4.78, 5) is 13.8. The summed E-state index contributed by atoms with van der Waals surface area (Å²) in [6, 6.07) is 17.0. The molecule has 39 heavy (non-hydrogen) atoms. The van der Waals surface area contributed by atoms with Crippen molar-refractivity contribution in [2.75, 3.05) is 14.2 Å². The number of hydrogen-bond acceptors (Lipinski definition) is 5. The van der Waals surface area contributed by atoms with Gasteiger partial charge < -0.3 is 23.7 Å². The van der Waals surface area contributed by atoms with Crippen molar-refractivity contribution in [2.24, 2.45) is 0 Å². The minimum atomic E-state index is -0.347. The zero-order valence-corrected chi connectivity index (χ0v) is 24.2. The van der Waals surface area contributed by atoms with Crippen LogP contribution in [0.25, 0.3) is 11.0 Å². The van der Waals surface area contributed by atoms with Gasteiger partial charge in [0.25, 0.3) is 0 Å². The number of nitrogens with zero attached hydrogens (tertiary/aromatic N) is 2. The van der Waals surface area contributed by atoms with E-state index in [1.54, 1.807) is 30.9 Å². The quantitative estimate of drug-likeness (QED) is 0.280. The highest BCUT2D eigenvalue weighted by atomic mass is 16.5. The first-order valence-corrected chi connectivity index (χ1v) is 13.1. The summed E-state index contributed by atoms with van der Waals surface area (Å²) in [6.07, 6.45) is 0. The molecule has 1 heterocycles. The van der Waals surface area contributed by atoms with Crippen LogP contribution in [0.3, 0.4) is 0 Å². The molecule has 0 fully saturated rings. The predicted octanol–water partition coefficient (Wildman–Crippen LogP) is 6.17. The molecule has 7 heteroatoms. The number of aromatic hydroxyl groups is 1. The average Bonchev–Trinajstić information content (AvgIpc) is 3.13. The smallest absolute Gasteiger partial charge is 0.203 e. The van der Waals surface area contributed by atoms with Crippen molar-refractivity contribution in [3.63, 3.8) is 0 Å². The van der Waals surface area contributed by atoms with Gasteiger partial charge >= 0.3 is 0 Å². The molecule has 0 aliphatic carbocycles. The van der Waals surface area contributed by atoms with Crippen LogP contribution >= 0.6 is 0 Å². The minimum absolute atomic E-state index is 0.000463. The molecule has 0 bridgehead atoms. The molecule has 0 saturated carbocycles. The number of aromatic nitrogens is 2. The summed E-state index contributed by atoms with van der Waals surface area (Å²) in [6.45, 7) is 12.5. The molecule has 1 aromatic heterocycles. The number of imidazole rings is 1. The van der Waals surface area contributed by atoms with Gasteiger partial charge in [0, 0.05) is 22.3 Å². The van der Waals surface area contributed by atoms with E-state index < -0.39 is 0 Å². The fourth-order valence-electron chi connectivity index (χ4n) is 5.04. The fraction of sp³-hybridized carbons (Fsp3) is 0.375. The van der Waals surface area contributed by atoms with E-state index in [0.717, 1.165) is 27.7 Å². The molecule has 0 aliphatic rings. The lowest BCUT2D eigenvalue weighted by Crippen LogP contribution is -2.28. The highest BCUT2D eigenvalue weighted by Gasteiger charge is 2.28. The van der Waals surface area contributed by atoms with Gasteiger partial charge in [-0.1, -0.05) is 65.8 Å². The maximum Gasteiger partial charge on any atom is 0.203 e. The van der Waals surface area contributed by atoms with Crippen molar-refractivity contribution in [3.8, 4) is 17.2 Å². The highest BCUT2D eigenvalue weighted by molar-refractivity contribution is 5.97. The van der Waals surface area contributed by atoms with Gasteiger partial charge in [0.2, 0.25) is 5.62 Å². The van der Waals surface area contributed by atoms with E-state index >= 15 is 0 Å². The number of hydrogen-bond donors (Lipinski definition) is 2. The third kappa shape index (κ3) is 5.31. The molecule has 7 nitrogen and oxygen atoms in total. The van der Waals surface area contributed by atoms with Gasteiger partial charge in [0.1, 0.15) is 5.75 Å². The predicted molar refractivity (Wildman–Crippen MR) is 154 cm³/mol. The van der Waals surface area contributed by atoms with Crippen molar-refractivity contribution in [3.05, 3.63) is 82.5 Å². The van der Waals surface area contributed by atoms with Crippen LogP contribution in [0.5, 0.6) is 17.2 Å². The number of ketones is 1. The van der Waals surface area contributed by atoms with E-state index in [2.05, 4.69) is 0 Å². The molecular weight excluding hydrogens is 490 g/mol. The Labute approximate surface area is 230 Å². The molecular formula is C32H39N3O4. The molecule has 0 atom stereocenters. The first kappa shape index (κ1) is 28.0. The number of ether oxygens (including phenoxy) is 2. The summed E-state index contributed by atoms with van der Waals surface area (Å²) in [5.74, 6) is 1.36. The normalized spacial score (nSPS) is 12.1. The molecule has 3 aromatic carbocycles. The van der Waals surface area contributed by atoms with E-state index in [1.807, 2.05) is 88.6 Å². The second-order valence-corrected chi connectivity index (χ2v) is 12.0. The second-order valence-electron chi connectivity index (χ2n) is 12.0. The molecule has 206 valence electrons. The van der Waals surface area contributed by atoms with E-state index in [4.69, 9.17) is 14.9 Å². The zero-order chi connectivity index (χ0) is 28.7. The van der Waals surface area contributed by atoms with Crippen LogP contribution < -0.4 is 15.1 Å². The molecule has 4 aromatic rings. The molecule has 0 unspecified atom stereocenters. The second kappa shape index (κ2) is 10.3. The summed E-state index contributed by atoms with van der Waals surface area (Å²) >= 11 is 0. The van der Waals surface area contributed by atoms with E-state index in [-0.39, 0.29) is 34.5 Å². The Hall–Kier alpha value is -4.00. The van der Waals surface area contributed by atoms with Crippen molar-refractivity contribution in [2.45, 2.75) is 65.5 Å². The average molecular weight is 530 g/mol. The Morgan fingerprint density at radius 3 is 1.92 bits per heavy atom. The Morgan fingerprint density at radius 2 is 1.41 bits per heavy atom. The number of methoxy groups -OCH3 is 2. The third-order valence-corrected chi connectivity index (χ3v) is 7.14. The van der Waals surface area contributed by atoms with Crippen LogP contribution in [-0.2, 0) is 23.9 Å². The largest absolute Gasteiger partial charge is 0.507 e. The molecule has 2 N–H and O–H groups in total. The number of fused-ring (bicyclic) bond motifs is 1. The number of para-hydroxylation sites is 3. The molecule has 0 amide bonds. The van der Waals surface area contributed by atoms with Gasteiger partial charge in [-0.15, -0.1) is 0 Å². The monoisotopic (exact) mass is 529 g/mol. The van der Waals surface area contributed by atoms with E-state index in [9.17, 15) is 9.90 Å². The lowest BCUT2D eigenvalue weighted by molar-refractivity contribution is 0.0971. The first-order valence-electron chi connectivity index (χ1n) is 13.1. The Balaban J connectivity index is 1.81. The number of phenols is 1. The molecule has 0 spiro atoms. The lowest BCUT2D eigenvalue weighted by Gasteiger charge is -2.28. The van der Waals surface area contributed by atoms with Gasteiger partial charge in [0.05, 0.1) is 38.3 Å². The van der Waals surface area contributed by atoms with Crippen LogP contribution in [0.2, 0.25) is 0 Å². The summed E-state index contributed by atoms with van der Waals surface area (Å²) in [7, 11) is 3.20. The van der Waals surface area contributed by atoms with Gasteiger partial charge in [-0.3, -0.25) is 10.2 Å². The van der Waals surface area contributed by atoms with Crippen LogP contribution in [0, 0.1) is 5.41 Å². The van der Waals surface area contributed by atoms with Gasteiger partial charge in [0.15, 0.2) is 17.3 Å². The fourth-order valence-corrected chi connectivity index (χ4v) is 5.04. The number of carbonyl (C=O) groups is 1. The SMILES string of the molecule is COc1cccc(Cn2c(=N)n(CC(=O)c3cc(C(C)(C)C)c(O)c(C(C)(C)C)c3)c3ccccc32)c1OC. The molecule has 0 saturated heterocycles. The number of Topliss-reactive ketones (excluding diaryl/α,β-unsaturated/α-hetero) is 1. The van der Waals surface area contributed by atoms with Crippen LogP contribution in [0.4, 0.5) is 0 Å². The van der Waals surface area contributed by atoms with E-state index in [0.29, 0.717) is 23.6 Å². The third-order valence-electron chi connectivity index (χ3n) is 7.14. The van der Waals surface area contributed by atoms with Crippen molar-refractivity contribution in [1.29, 1.82) is 5.41 Å². The molecule has 4 rings (SSSR count). The number of benzene rings is 3. The lowest BCUT2D eigenvalue weighted by atomic mass is 9.78. The van der Waals surface area contributed by atoms with Gasteiger partial charge in [-0.25, -0.2) is 0 Å². The maximum absolute atomic E-state index is 13.8. The minimum Gasteiger partial charge on any atom is -0.507 e. The van der Waals surface area contributed by atoms with Crippen LogP contribution in [0.1, 0.15) is 68.6 Å². The number of phenolic OH excluding ortho intramolecular Hbond substituents is 1. The van der Waals surface area contributed by atoms with Gasteiger partial charge in [-0.05, 0) is 41.2 Å². The van der Waals surface area contributed by atoms with Crippen LogP contribution in [-0.4, -0.2) is 34.2 Å². The standard InChI is InChI=1S/C32H39N3O4/c1-31(2,3)22-16-21(17-23(28(22)37)32(4,5)6)26(36)19-35-25-14-10-9-13-24(25)34(30(35)33)18-20-12-11-15-27(38-7)29(20)39-8/h9-17,33,37H,18-19H2,1-8H3. The van der Waals surface area contributed by atoms with Crippen molar-refractivity contribution < 1.29 is 19.4 Å². The Morgan fingerprint density at radius 1 is 0.846 bits per heavy atom.